The number of carbonyl (C=O) groups is 2. The first-order valence-corrected chi connectivity index (χ1v) is 5.28. The van der Waals surface area contributed by atoms with Crippen LogP contribution in [0.4, 0.5) is 0 Å². The van der Waals surface area contributed by atoms with Crippen molar-refractivity contribution in [3.8, 4) is 11.8 Å². The summed E-state index contributed by atoms with van der Waals surface area (Å²) >= 11 is 5.86. The number of hydrogen-bond acceptors (Lipinski definition) is 3. The summed E-state index contributed by atoms with van der Waals surface area (Å²) < 4.78 is 4.45. The Kier molecular flexibility index (Phi) is 4.74. The average Bonchev–Trinajstić information content (AvgIpc) is 2.30. The summed E-state index contributed by atoms with van der Waals surface area (Å²) in [6.07, 6.45) is 0.0224. The normalized spacial score (nSPS) is 9.12. The number of benzene rings is 1. The lowest BCUT2D eigenvalue weighted by molar-refractivity contribution is -0.139. The van der Waals surface area contributed by atoms with Gasteiger partial charge < -0.3 is 4.74 Å². The molecule has 0 amide bonds. The molecule has 1 aromatic rings. The van der Waals surface area contributed by atoms with Crippen LogP contribution < -0.4 is 0 Å². The third kappa shape index (κ3) is 3.93. The van der Waals surface area contributed by atoms with Gasteiger partial charge in [0.15, 0.2) is 5.78 Å². The lowest BCUT2D eigenvalue weighted by Gasteiger charge is -1.99. The highest BCUT2D eigenvalue weighted by molar-refractivity contribution is 6.33. The zero-order valence-corrected chi connectivity index (χ0v) is 10.3. The molecule has 0 aliphatic heterocycles. The molecular formula is C13H11ClO3. The lowest BCUT2D eigenvalue weighted by atomic mass is 10.1. The lowest BCUT2D eigenvalue weighted by Crippen LogP contribution is -1.97. The molecule has 0 aromatic heterocycles. The monoisotopic (exact) mass is 250 g/mol. The van der Waals surface area contributed by atoms with Crippen molar-refractivity contribution in [1.82, 2.24) is 0 Å². The SMILES string of the molecule is COC(=O)CC#Cc1ccc(Cl)c(C(C)=O)c1. The quantitative estimate of drug-likeness (QED) is 0.460. The summed E-state index contributed by atoms with van der Waals surface area (Å²) in [6, 6.07) is 4.91. The van der Waals surface area contributed by atoms with E-state index >= 15 is 0 Å². The Labute approximate surface area is 105 Å². The fourth-order valence-corrected chi connectivity index (χ4v) is 1.41. The van der Waals surface area contributed by atoms with Crippen molar-refractivity contribution < 1.29 is 14.3 Å². The molecule has 0 unspecified atom stereocenters. The second kappa shape index (κ2) is 6.07. The van der Waals surface area contributed by atoms with Gasteiger partial charge in [-0.3, -0.25) is 9.59 Å². The number of esters is 1. The minimum Gasteiger partial charge on any atom is -0.468 e. The van der Waals surface area contributed by atoms with E-state index < -0.39 is 5.97 Å². The van der Waals surface area contributed by atoms with Crippen LogP contribution in [0, 0.1) is 11.8 Å². The fraction of sp³-hybridized carbons (Fsp3) is 0.231. The number of ketones is 1. The summed E-state index contributed by atoms with van der Waals surface area (Å²) in [5.41, 5.74) is 1.07. The third-order valence-electron chi connectivity index (χ3n) is 2.04. The molecule has 0 aliphatic rings. The van der Waals surface area contributed by atoms with Gasteiger partial charge >= 0.3 is 5.97 Å². The summed E-state index contributed by atoms with van der Waals surface area (Å²) in [5.74, 6) is 4.92. The molecule has 0 bridgehead atoms. The molecule has 88 valence electrons. The summed E-state index contributed by atoms with van der Waals surface area (Å²) in [4.78, 5) is 22.1. The molecule has 0 saturated carbocycles. The fourth-order valence-electron chi connectivity index (χ4n) is 1.16. The molecule has 1 aromatic carbocycles. The summed E-state index contributed by atoms with van der Waals surface area (Å²) in [5, 5.41) is 0.399. The van der Waals surface area contributed by atoms with E-state index in [1.165, 1.54) is 14.0 Å². The maximum absolute atomic E-state index is 11.2. The molecule has 1 rings (SSSR count). The van der Waals surface area contributed by atoms with Gasteiger partial charge in [-0.25, -0.2) is 0 Å². The topological polar surface area (TPSA) is 43.4 Å². The van der Waals surface area contributed by atoms with E-state index in [0.29, 0.717) is 16.1 Å². The van der Waals surface area contributed by atoms with Crippen LogP contribution in [0.3, 0.4) is 0 Å². The molecular weight excluding hydrogens is 240 g/mol. The van der Waals surface area contributed by atoms with Gasteiger partial charge in [0.1, 0.15) is 6.42 Å². The molecule has 0 N–H and O–H groups in total. The van der Waals surface area contributed by atoms with Gasteiger partial charge in [-0.2, -0.15) is 0 Å². The molecule has 0 radical (unpaired) electrons. The van der Waals surface area contributed by atoms with Crippen LogP contribution >= 0.6 is 11.6 Å². The van der Waals surface area contributed by atoms with E-state index in [-0.39, 0.29) is 12.2 Å². The summed E-state index contributed by atoms with van der Waals surface area (Å²) in [7, 11) is 1.31. The van der Waals surface area contributed by atoms with E-state index in [0.717, 1.165) is 0 Å². The maximum atomic E-state index is 11.2. The molecule has 0 spiro atoms. The van der Waals surface area contributed by atoms with Crippen LogP contribution in [-0.4, -0.2) is 18.9 Å². The van der Waals surface area contributed by atoms with Crippen LogP contribution in [0.15, 0.2) is 18.2 Å². The number of carbonyl (C=O) groups excluding carboxylic acids is 2. The van der Waals surface area contributed by atoms with Crippen LogP contribution in [-0.2, 0) is 9.53 Å². The van der Waals surface area contributed by atoms with Gasteiger partial charge in [0, 0.05) is 11.1 Å². The van der Waals surface area contributed by atoms with Gasteiger partial charge in [-0.1, -0.05) is 23.4 Å². The predicted octanol–water partition coefficient (Wildman–Crippen LogP) is 2.46. The molecule has 3 nitrogen and oxygen atoms in total. The Bertz CT molecular complexity index is 509. The minimum atomic E-state index is -0.391. The van der Waals surface area contributed by atoms with Gasteiger partial charge in [0.2, 0.25) is 0 Å². The van der Waals surface area contributed by atoms with Crippen molar-refractivity contribution >= 4 is 23.4 Å². The van der Waals surface area contributed by atoms with Crippen LogP contribution in [0.5, 0.6) is 0 Å². The van der Waals surface area contributed by atoms with Crippen molar-refractivity contribution in [1.29, 1.82) is 0 Å². The van der Waals surface area contributed by atoms with Crippen molar-refractivity contribution in [2.75, 3.05) is 7.11 Å². The highest BCUT2D eigenvalue weighted by atomic mass is 35.5. The number of Topliss-reactive ketones (excluding diaryl/α,β-unsaturated/α-hetero) is 1. The van der Waals surface area contributed by atoms with Crippen LogP contribution in [0.2, 0.25) is 5.02 Å². The molecule has 0 atom stereocenters. The Hall–Kier alpha value is -1.79. The van der Waals surface area contributed by atoms with Crippen molar-refractivity contribution in [3.05, 3.63) is 34.3 Å². The molecule has 0 heterocycles. The first-order chi connectivity index (χ1) is 8.04. The molecule has 0 saturated heterocycles. The molecule has 17 heavy (non-hydrogen) atoms. The third-order valence-corrected chi connectivity index (χ3v) is 2.37. The number of methoxy groups -OCH3 is 1. The summed E-state index contributed by atoms with van der Waals surface area (Å²) in [6.45, 7) is 1.44. The van der Waals surface area contributed by atoms with E-state index in [4.69, 9.17) is 11.6 Å². The van der Waals surface area contributed by atoms with Crippen molar-refractivity contribution in [3.63, 3.8) is 0 Å². The number of ether oxygens (including phenoxy) is 1. The predicted molar refractivity (Wildman–Crippen MR) is 65.0 cm³/mol. The van der Waals surface area contributed by atoms with Crippen LogP contribution in [0.1, 0.15) is 29.3 Å². The Morgan fingerprint density at radius 1 is 1.41 bits per heavy atom. The highest BCUT2D eigenvalue weighted by Crippen LogP contribution is 2.17. The maximum Gasteiger partial charge on any atom is 0.317 e. The number of rotatable bonds is 2. The molecule has 0 aliphatic carbocycles. The van der Waals surface area contributed by atoms with E-state index in [1.54, 1.807) is 18.2 Å². The van der Waals surface area contributed by atoms with Gasteiger partial charge in [0.25, 0.3) is 0 Å². The Balaban J connectivity index is 2.89. The van der Waals surface area contributed by atoms with Crippen molar-refractivity contribution in [2.24, 2.45) is 0 Å². The minimum absolute atomic E-state index is 0.0224. The molecule has 0 fully saturated rings. The van der Waals surface area contributed by atoms with Gasteiger partial charge in [0.05, 0.1) is 12.1 Å². The van der Waals surface area contributed by atoms with E-state index in [2.05, 4.69) is 16.6 Å². The highest BCUT2D eigenvalue weighted by Gasteiger charge is 2.05. The number of hydrogen-bond donors (Lipinski definition) is 0. The van der Waals surface area contributed by atoms with Crippen molar-refractivity contribution in [2.45, 2.75) is 13.3 Å². The molecule has 4 heteroatoms. The number of halogens is 1. The zero-order valence-electron chi connectivity index (χ0n) is 9.54. The first kappa shape index (κ1) is 13.3. The largest absolute Gasteiger partial charge is 0.468 e. The van der Waals surface area contributed by atoms with Gasteiger partial charge in [-0.05, 0) is 25.1 Å². The van der Waals surface area contributed by atoms with Crippen LogP contribution in [0.25, 0.3) is 0 Å². The second-order valence-electron chi connectivity index (χ2n) is 3.31. The standard InChI is InChI=1S/C13H11ClO3/c1-9(15)11-8-10(6-7-12(11)14)4-3-5-13(16)17-2/h6-8H,5H2,1-2H3. The Morgan fingerprint density at radius 3 is 2.71 bits per heavy atom. The first-order valence-electron chi connectivity index (χ1n) is 4.90. The van der Waals surface area contributed by atoms with Gasteiger partial charge in [-0.15, -0.1) is 0 Å². The van der Waals surface area contributed by atoms with E-state index in [9.17, 15) is 9.59 Å². The second-order valence-corrected chi connectivity index (χ2v) is 3.71. The smallest absolute Gasteiger partial charge is 0.317 e. The average molecular weight is 251 g/mol. The van der Waals surface area contributed by atoms with E-state index in [1.807, 2.05) is 0 Å². The zero-order chi connectivity index (χ0) is 12.8. The Morgan fingerprint density at radius 2 is 2.12 bits per heavy atom.